The predicted octanol–water partition coefficient (Wildman–Crippen LogP) is 2.14. The molecular weight excluding hydrogens is 242 g/mol. The van der Waals surface area contributed by atoms with E-state index in [1.54, 1.807) is 0 Å². The maximum Gasteiger partial charge on any atom is 0.111 e. The van der Waals surface area contributed by atoms with Gasteiger partial charge in [-0.3, -0.25) is 5.01 Å². The smallest absolute Gasteiger partial charge is 0.111 e. The van der Waals surface area contributed by atoms with Crippen LogP contribution in [0.5, 0.6) is 0 Å². The average molecular weight is 254 g/mol. The Morgan fingerprint density at radius 1 is 1.21 bits per heavy atom. The molecule has 0 amide bonds. The Labute approximate surface area is 92.1 Å². The first-order chi connectivity index (χ1) is 6.75. The van der Waals surface area contributed by atoms with Gasteiger partial charge in [0.1, 0.15) is 6.34 Å². The third kappa shape index (κ3) is 2.07. The van der Waals surface area contributed by atoms with Crippen LogP contribution in [0.3, 0.4) is 0 Å². The highest BCUT2D eigenvalue weighted by Crippen LogP contribution is 2.19. The van der Waals surface area contributed by atoms with Gasteiger partial charge in [0.25, 0.3) is 0 Å². The van der Waals surface area contributed by atoms with Crippen LogP contribution in [-0.4, -0.2) is 31.4 Å². The van der Waals surface area contributed by atoms with Crippen molar-refractivity contribution >= 4 is 28.0 Å². The number of hydrogen-bond donors (Lipinski definition) is 0. The molecular formula is C10H12BrN3. The number of benzene rings is 1. The molecule has 0 aliphatic carbocycles. The van der Waals surface area contributed by atoms with E-state index in [9.17, 15) is 0 Å². The first kappa shape index (κ1) is 9.52. The summed E-state index contributed by atoms with van der Waals surface area (Å²) in [6.07, 6.45) is 1.85. The summed E-state index contributed by atoms with van der Waals surface area (Å²) in [4.78, 5) is 2.08. The summed E-state index contributed by atoms with van der Waals surface area (Å²) in [5, 5.41) is 6.34. The maximum atomic E-state index is 4.33. The largest absolute Gasteiger partial charge is 0.362 e. The fraction of sp³-hybridized carbons (Fsp3) is 0.300. The van der Waals surface area contributed by atoms with Crippen molar-refractivity contribution in [2.75, 3.05) is 25.1 Å². The van der Waals surface area contributed by atoms with Crippen LogP contribution in [0.4, 0.5) is 5.69 Å². The van der Waals surface area contributed by atoms with E-state index < -0.39 is 0 Å². The SMILES string of the molecule is CN1C=NN(c2ccc(Br)cc2)CC1. The lowest BCUT2D eigenvalue weighted by Gasteiger charge is -2.27. The highest BCUT2D eigenvalue weighted by Gasteiger charge is 2.09. The van der Waals surface area contributed by atoms with Crippen LogP contribution in [0, 0.1) is 0 Å². The van der Waals surface area contributed by atoms with Crippen LogP contribution in [0.15, 0.2) is 33.8 Å². The third-order valence-electron chi connectivity index (χ3n) is 2.18. The molecule has 0 unspecified atom stereocenters. The molecule has 0 saturated heterocycles. The van der Waals surface area contributed by atoms with Crippen molar-refractivity contribution in [3.05, 3.63) is 28.7 Å². The fourth-order valence-electron chi connectivity index (χ4n) is 1.33. The van der Waals surface area contributed by atoms with Gasteiger partial charge in [-0.15, -0.1) is 0 Å². The topological polar surface area (TPSA) is 18.8 Å². The number of hydrogen-bond acceptors (Lipinski definition) is 3. The van der Waals surface area contributed by atoms with Gasteiger partial charge in [-0.25, -0.2) is 0 Å². The normalized spacial score (nSPS) is 16.1. The Kier molecular flexibility index (Phi) is 2.72. The summed E-state index contributed by atoms with van der Waals surface area (Å²) < 4.78 is 1.10. The monoisotopic (exact) mass is 253 g/mol. The number of halogens is 1. The van der Waals surface area contributed by atoms with Gasteiger partial charge in [-0.1, -0.05) is 15.9 Å². The minimum Gasteiger partial charge on any atom is -0.362 e. The van der Waals surface area contributed by atoms with E-state index in [2.05, 4.69) is 38.1 Å². The molecule has 3 nitrogen and oxygen atoms in total. The van der Waals surface area contributed by atoms with E-state index in [1.807, 2.05) is 30.5 Å². The van der Waals surface area contributed by atoms with Crippen LogP contribution < -0.4 is 5.01 Å². The molecule has 2 rings (SSSR count). The van der Waals surface area contributed by atoms with Crippen LogP contribution in [0.1, 0.15) is 0 Å². The number of hydrazone groups is 1. The van der Waals surface area contributed by atoms with Gasteiger partial charge in [-0.05, 0) is 24.3 Å². The first-order valence-corrected chi connectivity index (χ1v) is 5.32. The second kappa shape index (κ2) is 4.00. The zero-order valence-electron chi connectivity index (χ0n) is 8.02. The van der Waals surface area contributed by atoms with Crippen molar-refractivity contribution in [2.45, 2.75) is 0 Å². The van der Waals surface area contributed by atoms with Gasteiger partial charge >= 0.3 is 0 Å². The van der Waals surface area contributed by atoms with E-state index >= 15 is 0 Å². The minimum absolute atomic E-state index is 0.939. The summed E-state index contributed by atoms with van der Waals surface area (Å²) in [6, 6.07) is 8.19. The Morgan fingerprint density at radius 3 is 2.50 bits per heavy atom. The molecule has 0 atom stereocenters. The summed E-state index contributed by atoms with van der Waals surface area (Å²) >= 11 is 3.41. The van der Waals surface area contributed by atoms with E-state index in [0.717, 1.165) is 23.2 Å². The standard InChI is InChI=1S/C10H12BrN3/c1-13-6-7-14(12-8-13)10-4-2-9(11)3-5-10/h2-5,8H,6-7H2,1H3. The fourth-order valence-corrected chi connectivity index (χ4v) is 1.59. The number of anilines is 1. The molecule has 0 spiro atoms. The number of nitrogens with zero attached hydrogens (tertiary/aromatic N) is 3. The lowest BCUT2D eigenvalue weighted by Crippen LogP contribution is -2.35. The lowest BCUT2D eigenvalue weighted by molar-refractivity contribution is 0.493. The predicted molar refractivity (Wildman–Crippen MR) is 62.6 cm³/mol. The van der Waals surface area contributed by atoms with E-state index in [1.165, 1.54) is 0 Å². The minimum atomic E-state index is 0.939. The van der Waals surface area contributed by atoms with Gasteiger partial charge < -0.3 is 4.90 Å². The van der Waals surface area contributed by atoms with Crippen LogP contribution in [0.25, 0.3) is 0 Å². The molecule has 0 fully saturated rings. The molecule has 0 N–H and O–H groups in total. The summed E-state index contributed by atoms with van der Waals surface area (Å²) in [5.74, 6) is 0. The van der Waals surface area contributed by atoms with Crippen molar-refractivity contribution in [2.24, 2.45) is 5.10 Å². The van der Waals surface area contributed by atoms with Crippen LogP contribution >= 0.6 is 15.9 Å². The third-order valence-corrected chi connectivity index (χ3v) is 2.71. The Balaban J connectivity index is 2.16. The highest BCUT2D eigenvalue weighted by atomic mass is 79.9. The summed E-state index contributed by atoms with van der Waals surface area (Å²) in [6.45, 7) is 1.95. The van der Waals surface area contributed by atoms with Gasteiger partial charge in [-0.2, -0.15) is 5.10 Å². The summed E-state index contributed by atoms with van der Waals surface area (Å²) in [7, 11) is 2.03. The molecule has 1 aliphatic heterocycles. The molecule has 0 bridgehead atoms. The van der Waals surface area contributed by atoms with Crippen LogP contribution in [0.2, 0.25) is 0 Å². The zero-order valence-corrected chi connectivity index (χ0v) is 9.61. The number of likely N-dealkylation sites (N-methyl/N-ethyl adjacent to an activating group) is 1. The molecule has 0 radical (unpaired) electrons. The van der Waals surface area contributed by atoms with Crippen molar-refractivity contribution in [3.8, 4) is 0 Å². The van der Waals surface area contributed by atoms with Crippen LogP contribution in [-0.2, 0) is 0 Å². The molecule has 74 valence electrons. The van der Waals surface area contributed by atoms with Gasteiger partial charge in [0.05, 0.1) is 12.2 Å². The quantitative estimate of drug-likeness (QED) is 0.764. The van der Waals surface area contributed by atoms with Gasteiger partial charge in [0, 0.05) is 18.1 Å². The first-order valence-electron chi connectivity index (χ1n) is 4.53. The Morgan fingerprint density at radius 2 is 1.93 bits per heavy atom. The van der Waals surface area contributed by atoms with Crippen molar-refractivity contribution in [3.63, 3.8) is 0 Å². The Hall–Kier alpha value is -1.03. The van der Waals surface area contributed by atoms with E-state index in [-0.39, 0.29) is 0 Å². The zero-order chi connectivity index (χ0) is 9.97. The van der Waals surface area contributed by atoms with Crippen molar-refractivity contribution in [1.29, 1.82) is 0 Å². The summed E-state index contributed by atoms with van der Waals surface area (Å²) in [5.41, 5.74) is 1.14. The van der Waals surface area contributed by atoms with Crippen molar-refractivity contribution < 1.29 is 0 Å². The maximum absolute atomic E-state index is 4.33. The molecule has 1 aliphatic rings. The molecule has 0 saturated carbocycles. The molecule has 1 aromatic carbocycles. The molecule has 1 aromatic rings. The molecule has 4 heteroatoms. The van der Waals surface area contributed by atoms with Gasteiger partial charge in [0.15, 0.2) is 0 Å². The van der Waals surface area contributed by atoms with Crippen molar-refractivity contribution in [1.82, 2.24) is 4.90 Å². The van der Waals surface area contributed by atoms with Gasteiger partial charge in [0.2, 0.25) is 0 Å². The number of rotatable bonds is 1. The second-order valence-electron chi connectivity index (χ2n) is 3.31. The molecule has 14 heavy (non-hydrogen) atoms. The van der Waals surface area contributed by atoms with E-state index in [0.29, 0.717) is 0 Å². The lowest BCUT2D eigenvalue weighted by atomic mass is 10.3. The molecule has 1 heterocycles. The van der Waals surface area contributed by atoms with E-state index in [4.69, 9.17) is 0 Å². The average Bonchev–Trinajstić information content (AvgIpc) is 2.21. The molecule has 0 aromatic heterocycles. The Bertz CT molecular complexity index is 334. The second-order valence-corrected chi connectivity index (χ2v) is 4.23. The highest BCUT2D eigenvalue weighted by molar-refractivity contribution is 9.10.